The van der Waals surface area contributed by atoms with Crippen molar-refractivity contribution in [1.29, 1.82) is 0 Å². The van der Waals surface area contributed by atoms with Crippen molar-refractivity contribution < 1.29 is 9.18 Å². The lowest BCUT2D eigenvalue weighted by atomic mass is 9.86. The van der Waals surface area contributed by atoms with Crippen LogP contribution in [0.3, 0.4) is 0 Å². The van der Waals surface area contributed by atoms with E-state index in [9.17, 15) is 9.18 Å². The molecule has 0 bridgehead atoms. The fraction of sp³-hybridized carbons (Fsp3) is 0.350. The standard InChI is InChI=1S/C20H24FNO/c1-14(15-9-11-17(12-10-15)20(2,3)4)22-19(23)13-16-7-5-6-8-18(16)21/h5-12,14H,13H2,1-4H3,(H,22,23)/t14-/m1/s1. The number of rotatable bonds is 4. The summed E-state index contributed by atoms with van der Waals surface area (Å²) in [4.78, 5) is 12.1. The molecule has 0 radical (unpaired) electrons. The zero-order chi connectivity index (χ0) is 17.0. The van der Waals surface area contributed by atoms with Crippen LogP contribution in [0.25, 0.3) is 0 Å². The van der Waals surface area contributed by atoms with Crippen LogP contribution < -0.4 is 5.32 Å². The van der Waals surface area contributed by atoms with Crippen molar-refractivity contribution in [1.82, 2.24) is 5.32 Å². The Morgan fingerprint density at radius 2 is 1.70 bits per heavy atom. The number of nitrogens with one attached hydrogen (secondary N) is 1. The second kappa shape index (κ2) is 6.95. The van der Waals surface area contributed by atoms with Gasteiger partial charge in [0.1, 0.15) is 5.82 Å². The molecule has 2 aromatic carbocycles. The highest BCUT2D eigenvalue weighted by Gasteiger charge is 2.15. The second-order valence-electron chi connectivity index (χ2n) is 6.93. The minimum absolute atomic E-state index is 0.0527. The highest BCUT2D eigenvalue weighted by atomic mass is 19.1. The summed E-state index contributed by atoms with van der Waals surface area (Å²) < 4.78 is 13.6. The minimum atomic E-state index is -0.343. The van der Waals surface area contributed by atoms with Crippen molar-refractivity contribution in [2.45, 2.75) is 45.6 Å². The van der Waals surface area contributed by atoms with Gasteiger partial charge in [-0.25, -0.2) is 4.39 Å². The van der Waals surface area contributed by atoms with E-state index in [1.807, 2.05) is 19.1 Å². The van der Waals surface area contributed by atoms with Crippen molar-refractivity contribution in [3.63, 3.8) is 0 Å². The molecule has 0 aliphatic carbocycles. The van der Waals surface area contributed by atoms with E-state index in [0.29, 0.717) is 5.56 Å². The number of hydrogen-bond acceptors (Lipinski definition) is 1. The molecular weight excluding hydrogens is 289 g/mol. The Morgan fingerprint density at radius 1 is 1.09 bits per heavy atom. The summed E-state index contributed by atoms with van der Waals surface area (Å²) in [7, 11) is 0. The fourth-order valence-corrected chi connectivity index (χ4v) is 2.46. The van der Waals surface area contributed by atoms with Gasteiger partial charge in [0.15, 0.2) is 0 Å². The average molecular weight is 313 g/mol. The van der Waals surface area contributed by atoms with Crippen molar-refractivity contribution in [3.8, 4) is 0 Å². The van der Waals surface area contributed by atoms with Crippen LogP contribution in [0.15, 0.2) is 48.5 Å². The zero-order valence-electron chi connectivity index (χ0n) is 14.2. The van der Waals surface area contributed by atoms with Gasteiger partial charge in [0, 0.05) is 0 Å². The molecule has 0 aliphatic heterocycles. The lowest BCUT2D eigenvalue weighted by molar-refractivity contribution is -0.121. The molecule has 1 N–H and O–H groups in total. The molecule has 0 heterocycles. The third kappa shape index (κ3) is 4.65. The van der Waals surface area contributed by atoms with Gasteiger partial charge in [-0.15, -0.1) is 0 Å². The Kier molecular flexibility index (Phi) is 5.19. The maximum absolute atomic E-state index is 13.6. The van der Waals surface area contributed by atoms with E-state index < -0.39 is 0 Å². The van der Waals surface area contributed by atoms with Crippen LogP contribution in [0, 0.1) is 5.82 Å². The fourth-order valence-electron chi connectivity index (χ4n) is 2.46. The summed E-state index contributed by atoms with van der Waals surface area (Å²) in [5.41, 5.74) is 2.82. The maximum Gasteiger partial charge on any atom is 0.225 e. The number of benzene rings is 2. The van der Waals surface area contributed by atoms with Gasteiger partial charge in [0.25, 0.3) is 0 Å². The van der Waals surface area contributed by atoms with Crippen LogP contribution in [0.2, 0.25) is 0 Å². The monoisotopic (exact) mass is 313 g/mol. The normalized spacial score (nSPS) is 12.7. The van der Waals surface area contributed by atoms with Gasteiger partial charge < -0.3 is 5.32 Å². The molecule has 1 atom stereocenters. The molecule has 2 rings (SSSR count). The van der Waals surface area contributed by atoms with Gasteiger partial charge in [-0.05, 0) is 35.1 Å². The SMILES string of the molecule is C[C@@H](NC(=O)Cc1ccccc1F)c1ccc(C(C)(C)C)cc1. The smallest absolute Gasteiger partial charge is 0.225 e. The van der Waals surface area contributed by atoms with Crippen molar-refractivity contribution >= 4 is 5.91 Å². The molecule has 2 nitrogen and oxygen atoms in total. The summed E-state index contributed by atoms with van der Waals surface area (Å²) in [6.07, 6.45) is 0.0527. The maximum atomic E-state index is 13.6. The minimum Gasteiger partial charge on any atom is -0.349 e. The van der Waals surface area contributed by atoms with Gasteiger partial charge in [-0.2, -0.15) is 0 Å². The summed E-state index contributed by atoms with van der Waals surface area (Å²) >= 11 is 0. The molecule has 23 heavy (non-hydrogen) atoms. The molecular formula is C20H24FNO. The number of carbonyl (C=O) groups excluding carboxylic acids is 1. The van der Waals surface area contributed by atoms with E-state index in [0.717, 1.165) is 5.56 Å². The molecule has 0 saturated heterocycles. The van der Waals surface area contributed by atoms with Gasteiger partial charge in [-0.3, -0.25) is 4.79 Å². The van der Waals surface area contributed by atoms with E-state index in [2.05, 4.69) is 38.2 Å². The molecule has 0 unspecified atom stereocenters. The molecule has 0 aromatic heterocycles. The summed E-state index contributed by atoms with van der Waals surface area (Å²) in [5, 5.41) is 2.92. The van der Waals surface area contributed by atoms with Crippen molar-refractivity contribution in [2.75, 3.05) is 0 Å². The molecule has 1 amide bonds. The Labute approximate surface area is 137 Å². The van der Waals surface area contributed by atoms with Gasteiger partial charge in [-0.1, -0.05) is 63.2 Å². The number of amides is 1. The Bertz CT molecular complexity index is 671. The van der Waals surface area contributed by atoms with Crippen LogP contribution >= 0.6 is 0 Å². The van der Waals surface area contributed by atoms with Gasteiger partial charge in [0.05, 0.1) is 12.5 Å². The third-order valence-corrected chi connectivity index (χ3v) is 3.96. The van der Waals surface area contributed by atoms with E-state index in [-0.39, 0.29) is 29.6 Å². The largest absolute Gasteiger partial charge is 0.349 e. The van der Waals surface area contributed by atoms with Crippen molar-refractivity contribution in [2.24, 2.45) is 0 Å². The van der Waals surface area contributed by atoms with Crippen molar-refractivity contribution in [3.05, 3.63) is 71.0 Å². The lowest BCUT2D eigenvalue weighted by Crippen LogP contribution is -2.28. The van der Waals surface area contributed by atoms with Gasteiger partial charge >= 0.3 is 0 Å². The number of carbonyl (C=O) groups is 1. The van der Waals surface area contributed by atoms with Crippen LogP contribution in [-0.4, -0.2) is 5.91 Å². The Hall–Kier alpha value is -2.16. The highest BCUT2D eigenvalue weighted by Crippen LogP contribution is 2.24. The van der Waals surface area contributed by atoms with Crippen LogP contribution in [-0.2, 0) is 16.6 Å². The first-order valence-electron chi connectivity index (χ1n) is 7.90. The molecule has 2 aromatic rings. The number of hydrogen-bond donors (Lipinski definition) is 1. The molecule has 0 saturated carbocycles. The first-order chi connectivity index (χ1) is 10.8. The summed E-state index contributed by atoms with van der Waals surface area (Å²) in [6, 6.07) is 14.5. The van der Waals surface area contributed by atoms with Crippen LogP contribution in [0.4, 0.5) is 4.39 Å². The highest BCUT2D eigenvalue weighted by molar-refractivity contribution is 5.79. The topological polar surface area (TPSA) is 29.1 Å². The Morgan fingerprint density at radius 3 is 2.26 bits per heavy atom. The van der Waals surface area contributed by atoms with Crippen LogP contribution in [0.5, 0.6) is 0 Å². The molecule has 122 valence electrons. The second-order valence-corrected chi connectivity index (χ2v) is 6.93. The molecule has 0 fully saturated rings. The first-order valence-corrected chi connectivity index (χ1v) is 7.90. The zero-order valence-corrected chi connectivity index (χ0v) is 14.2. The predicted octanol–water partition coefficient (Wildman–Crippen LogP) is 4.54. The van der Waals surface area contributed by atoms with Gasteiger partial charge in [0.2, 0.25) is 5.91 Å². The molecule has 3 heteroatoms. The molecule has 0 spiro atoms. The molecule has 0 aliphatic rings. The van der Waals surface area contributed by atoms with E-state index in [4.69, 9.17) is 0 Å². The number of halogens is 1. The summed E-state index contributed by atoms with van der Waals surface area (Å²) in [6.45, 7) is 8.44. The first kappa shape index (κ1) is 17.2. The van der Waals surface area contributed by atoms with E-state index >= 15 is 0 Å². The quantitative estimate of drug-likeness (QED) is 0.882. The van der Waals surface area contributed by atoms with E-state index in [1.54, 1.807) is 18.2 Å². The van der Waals surface area contributed by atoms with Crippen LogP contribution in [0.1, 0.15) is 50.4 Å². The average Bonchev–Trinajstić information content (AvgIpc) is 2.49. The lowest BCUT2D eigenvalue weighted by Gasteiger charge is -2.20. The Balaban J connectivity index is 2.00. The van der Waals surface area contributed by atoms with E-state index in [1.165, 1.54) is 11.6 Å². The summed E-state index contributed by atoms with van der Waals surface area (Å²) in [5.74, 6) is -0.521. The third-order valence-electron chi connectivity index (χ3n) is 3.96. The predicted molar refractivity (Wildman–Crippen MR) is 91.8 cm³/mol.